The number of hydrogen-bond donors (Lipinski definition) is 1. The Morgan fingerprint density at radius 2 is 1.40 bits per heavy atom. The number of likely N-dealkylation sites (tertiary alicyclic amines) is 1. The molecule has 244 valence electrons. The van der Waals surface area contributed by atoms with Crippen LogP contribution in [-0.2, 0) is 32.2 Å². The van der Waals surface area contributed by atoms with Gasteiger partial charge in [0, 0.05) is 31.0 Å². The predicted molar refractivity (Wildman–Crippen MR) is 183 cm³/mol. The quantitative estimate of drug-likeness (QED) is 0.203. The topological polar surface area (TPSA) is 90.4 Å². The van der Waals surface area contributed by atoms with Crippen LogP contribution in [0.4, 0.5) is 0 Å². The van der Waals surface area contributed by atoms with Gasteiger partial charge in [-0.05, 0) is 23.1 Å². The van der Waals surface area contributed by atoms with Gasteiger partial charge < -0.3 is 24.5 Å². The second-order valence-corrected chi connectivity index (χ2v) is 13.7. The van der Waals surface area contributed by atoms with E-state index < -0.39 is 42.2 Å². The standard InChI is InChI=1S/C38H40BrN3O5/c1-3-20-40(23-26-14-8-5-9-15-26)35(44)31-32-36(45)42(30(25-43)28-18-12-7-13-19-28)34(38(32)22-29(39)33(31)47-38)37(46)41(21-4-2)24-27-16-10-6-11-17-27/h3-19,29-34,43H,1-2,20-25H2/t29?,30-,31-,32+,33-,34?,38?/m1/s1. The normalized spacial score (nSPS) is 26.5. The van der Waals surface area contributed by atoms with Crippen LogP contribution in [0.1, 0.15) is 29.2 Å². The van der Waals surface area contributed by atoms with E-state index in [9.17, 15) is 19.5 Å². The fourth-order valence-electron chi connectivity index (χ4n) is 7.76. The first-order chi connectivity index (χ1) is 22.8. The number of carbonyl (C=O) groups excluding carboxylic acids is 3. The summed E-state index contributed by atoms with van der Waals surface area (Å²) in [6.45, 7) is 8.56. The van der Waals surface area contributed by atoms with Gasteiger partial charge in [-0.1, -0.05) is 119 Å². The lowest BCUT2D eigenvalue weighted by Gasteiger charge is -2.39. The van der Waals surface area contributed by atoms with Gasteiger partial charge in [-0.3, -0.25) is 14.4 Å². The van der Waals surface area contributed by atoms with Gasteiger partial charge in [0.15, 0.2) is 0 Å². The maximum absolute atomic E-state index is 14.9. The highest BCUT2D eigenvalue weighted by Gasteiger charge is 2.77. The molecule has 3 heterocycles. The summed E-state index contributed by atoms with van der Waals surface area (Å²) in [4.78, 5) is 49.0. The molecule has 2 bridgehead atoms. The van der Waals surface area contributed by atoms with Crippen molar-refractivity contribution >= 4 is 33.7 Å². The van der Waals surface area contributed by atoms with E-state index in [1.165, 1.54) is 4.90 Å². The summed E-state index contributed by atoms with van der Waals surface area (Å²) in [5.74, 6) is -2.63. The second kappa shape index (κ2) is 14.0. The summed E-state index contributed by atoms with van der Waals surface area (Å²) in [5.41, 5.74) is 1.30. The maximum Gasteiger partial charge on any atom is 0.249 e. The number of hydrogen-bond acceptors (Lipinski definition) is 5. The van der Waals surface area contributed by atoms with Crippen molar-refractivity contribution in [2.24, 2.45) is 11.8 Å². The summed E-state index contributed by atoms with van der Waals surface area (Å²) < 4.78 is 6.81. The number of aliphatic hydroxyl groups excluding tert-OH is 1. The number of amides is 3. The van der Waals surface area contributed by atoms with Crippen LogP contribution in [0.3, 0.4) is 0 Å². The van der Waals surface area contributed by atoms with Crippen molar-refractivity contribution < 1.29 is 24.2 Å². The lowest BCUT2D eigenvalue weighted by molar-refractivity contribution is -0.152. The number of rotatable bonds is 13. The first-order valence-electron chi connectivity index (χ1n) is 16.0. The molecule has 0 aromatic heterocycles. The Morgan fingerprint density at radius 1 is 0.894 bits per heavy atom. The smallest absolute Gasteiger partial charge is 0.249 e. The van der Waals surface area contributed by atoms with Crippen LogP contribution in [0.25, 0.3) is 0 Å². The third-order valence-electron chi connectivity index (χ3n) is 9.69. The highest BCUT2D eigenvalue weighted by molar-refractivity contribution is 9.09. The van der Waals surface area contributed by atoms with Crippen molar-refractivity contribution in [2.45, 2.75) is 48.1 Å². The second-order valence-electron chi connectivity index (χ2n) is 12.5. The summed E-state index contributed by atoms with van der Waals surface area (Å²) in [6.07, 6.45) is 3.11. The molecular weight excluding hydrogens is 658 g/mol. The molecule has 7 atom stereocenters. The minimum atomic E-state index is -1.28. The predicted octanol–water partition coefficient (Wildman–Crippen LogP) is 4.90. The van der Waals surface area contributed by atoms with Crippen molar-refractivity contribution in [3.8, 4) is 0 Å². The Morgan fingerprint density at radius 3 is 1.91 bits per heavy atom. The van der Waals surface area contributed by atoms with Crippen molar-refractivity contribution in [3.05, 3.63) is 133 Å². The Bertz CT molecular complexity index is 1610. The number of benzene rings is 3. The van der Waals surface area contributed by atoms with Crippen LogP contribution in [0.15, 0.2) is 116 Å². The van der Waals surface area contributed by atoms with E-state index in [0.717, 1.165) is 11.1 Å². The first-order valence-corrected chi connectivity index (χ1v) is 16.9. The van der Waals surface area contributed by atoms with Crippen LogP contribution >= 0.6 is 15.9 Å². The molecule has 3 aliphatic heterocycles. The molecule has 0 aliphatic carbocycles. The number of alkyl halides is 1. The lowest BCUT2D eigenvalue weighted by Crippen LogP contribution is -2.57. The van der Waals surface area contributed by atoms with Gasteiger partial charge in [-0.25, -0.2) is 0 Å². The van der Waals surface area contributed by atoms with Gasteiger partial charge in [0.2, 0.25) is 17.7 Å². The third kappa shape index (κ3) is 5.96. The molecule has 3 unspecified atom stereocenters. The van der Waals surface area contributed by atoms with Gasteiger partial charge in [-0.2, -0.15) is 0 Å². The monoisotopic (exact) mass is 697 g/mol. The largest absolute Gasteiger partial charge is 0.394 e. The van der Waals surface area contributed by atoms with Crippen molar-refractivity contribution in [2.75, 3.05) is 19.7 Å². The molecule has 3 fully saturated rings. The van der Waals surface area contributed by atoms with Crippen molar-refractivity contribution in [1.29, 1.82) is 0 Å². The molecule has 9 heteroatoms. The highest BCUT2D eigenvalue weighted by atomic mass is 79.9. The molecule has 6 rings (SSSR count). The van der Waals surface area contributed by atoms with E-state index in [0.29, 0.717) is 25.1 Å². The zero-order valence-electron chi connectivity index (χ0n) is 26.2. The van der Waals surface area contributed by atoms with Crippen LogP contribution in [0.2, 0.25) is 0 Å². The van der Waals surface area contributed by atoms with Crippen molar-refractivity contribution in [1.82, 2.24) is 14.7 Å². The molecular formula is C38H40BrN3O5. The van der Waals surface area contributed by atoms with Gasteiger partial charge >= 0.3 is 0 Å². The fraction of sp³-hybridized carbons (Fsp3) is 0.342. The lowest BCUT2D eigenvalue weighted by atomic mass is 9.70. The van der Waals surface area contributed by atoms with Gasteiger partial charge in [0.05, 0.1) is 30.6 Å². The zero-order chi connectivity index (χ0) is 33.1. The highest BCUT2D eigenvalue weighted by Crippen LogP contribution is 2.61. The molecule has 1 N–H and O–H groups in total. The minimum absolute atomic E-state index is 0.219. The number of carbonyl (C=O) groups is 3. The maximum atomic E-state index is 14.9. The Balaban J connectivity index is 1.44. The first kappa shape index (κ1) is 32.9. The van der Waals surface area contributed by atoms with Crippen LogP contribution in [0, 0.1) is 11.8 Å². The Labute approximate surface area is 284 Å². The van der Waals surface area contributed by atoms with Crippen LogP contribution in [0.5, 0.6) is 0 Å². The zero-order valence-corrected chi connectivity index (χ0v) is 27.8. The molecule has 3 aromatic rings. The van der Waals surface area contributed by atoms with E-state index in [2.05, 4.69) is 29.1 Å². The average Bonchev–Trinajstić information content (AvgIpc) is 3.69. The number of halogens is 1. The summed E-state index contributed by atoms with van der Waals surface area (Å²) in [6, 6.07) is 26.7. The Kier molecular flexibility index (Phi) is 9.77. The fourth-order valence-corrected chi connectivity index (χ4v) is 8.70. The molecule has 3 aromatic carbocycles. The third-order valence-corrected chi connectivity index (χ3v) is 10.5. The number of aliphatic hydroxyl groups is 1. The molecule has 0 saturated carbocycles. The van der Waals surface area contributed by atoms with Gasteiger partial charge in [0.1, 0.15) is 11.6 Å². The summed E-state index contributed by atoms with van der Waals surface area (Å²) >= 11 is 3.79. The van der Waals surface area contributed by atoms with Crippen LogP contribution < -0.4 is 0 Å². The van der Waals surface area contributed by atoms with E-state index in [4.69, 9.17) is 4.74 Å². The SMILES string of the molecule is C=CCN(Cc1ccccc1)C(=O)C1N([C@H](CO)c2ccccc2)C(=O)[C@@H]2[C@@H](C(=O)N(CC=C)Cc3ccccc3)[C@@H]3OC12CC3Br. The van der Waals surface area contributed by atoms with E-state index in [1.807, 2.05) is 91.0 Å². The minimum Gasteiger partial charge on any atom is -0.394 e. The molecule has 3 amide bonds. The number of ether oxygens (including phenoxy) is 1. The molecule has 0 radical (unpaired) electrons. The average molecular weight is 699 g/mol. The summed E-state index contributed by atoms with van der Waals surface area (Å²) in [5, 5.41) is 10.8. The molecule has 1 spiro atoms. The molecule has 3 aliphatic rings. The Hall–Kier alpha value is -4.05. The number of fused-ring (bicyclic) bond motifs is 1. The molecule has 47 heavy (non-hydrogen) atoms. The van der Waals surface area contributed by atoms with E-state index >= 15 is 0 Å². The number of nitrogens with zero attached hydrogens (tertiary/aromatic N) is 3. The van der Waals surface area contributed by atoms with E-state index in [1.54, 1.807) is 22.0 Å². The van der Waals surface area contributed by atoms with Crippen LogP contribution in [-0.4, -0.2) is 79.8 Å². The van der Waals surface area contributed by atoms with Gasteiger partial charge in [-0.15, -0.1) is 13.2 Å². The summed E-state index contributed by atoms with van der Waals surface area (Å²) in [7, 11) is 0. The molecule has 8 nitrogen and oxygen atoms in total. The van der Waals surface area contributed by atoms with Gasteiger partial charge in [0.25, 0.3) is 0 Å². The molecule has 3 saturated heterocycles. The van der Waals surface area contributed by atoms with Crippen molar-refractivity contribution in [3.63, 3.8) is 0 Å². The van der Waals surface area contributed by atoms with E-state index in [-0.39, 0.29) is 35.6 Å².